The van der Waals surface area contributed by atoms with Crippen molar-refractivity contribution in [3.05, 3.63) is 35.9 Å². The van der Waals surface area contributed by atoms with E-state index in [2.05, 4.69) is 16.0 Å². The van der Waals surface area contributed by atoms with Crippen LogP contribution in [0.4, 0.5) is 0 Å². The fourth-order valence-corrected chi connectivity index (χ4v) is 2.53. The van der Waals surface area contributed by atoms with Crippen LogP contribution in [-0.4, -0.2) is 53.5 Å². The molecule has 0 aliphatic rings. The molecule has 160 valence electrons. The number of rotatable bonds is 11. The van der Waals surface area contributed by atoms with Gasteiger partial charge in [-0.1, -0.05) is 50.6 Å². The van der Waals surface area contributed by atoms with Crippen molar-refractivity contribution >= 4 is 23.7 Å². The van der Waals surface area contributed by atoms with E-state index in [4.69, 9.17) is 10.8 Å². The summed E-state index contributed by atoms with van der Waals surface area (Å²) in [4.78, 5) is 47.7. The maximum Gasteiger partial charge on any atom is 0.322 e. The lowest BCUT2D eigenvalue weighted by Gasteiger charge is -2.24. The van der Waals surface area contributed by atoms with Gasteiger partial charge < -0.3 is 26.8 Å². The molecule has 0 aliphatic carbocycles. The number of carbonyl (C=O) groups excluding carboxylic acids is 3. The van der Waals surface area contributed by atoms with Crippen molar-refractivity contribution in [2.24, 2.45) is 11.7 Å². The van der Waals surface area contributed by atoms with Gasteiger partial charge in [0.2, 0.25) is 17.7 Å². The van der Waals surface area contributed by atoms with Gasteiger partial charge in [-0.25, -0.2) is 0 Å². The molecule has 0 spiro atoms. The average molecular weight is 406 g/mol. The summed E-state index contributed by atoms with van der Waals surface area (Å²) in [6.07, 6.45) is 0.931. The Balaban J connectivity index is 2.86. The Morgan fingerprint density at radius 3 is 2.17 bits per heavy atom. The molecule has 0 aromatic heterocycles. The van der Waals surface area contributed by atoms with Gasteiger partial charge in [-0.2, -0.15) is 0 Å². The Kier molecular flexibility index (Phi) is 9.81. The van der Waals surface area contributed by atoms with Gasteiger partial charge in [-0.3, -0.25) is 19.2 Å². The van der Waals surface area contributed by atoms with E-state index in [-0.39, 0.29) is 12.3 Å². The molecule has 0 radical (unpaired) electrons. The lowest BCUT2D eigenvalue weighted by Crippen LogP contribution is -2.56. The highest BCUT2D eigenvalue weighted by Crippen LogP contribution is 2.08. The molecule has 0 saturated carbocycles. The summed E-state index contributed by atoms with van der Waals surface area (Å²) in [6.45, 7) is 4.66. The normalized spacial score (nSPS) is 14.8. The van der Waals surface area contributed by atoms with Crippen LogP contribution in [0.5, 0.6) is 0 Å². The first kappa shape index (κ1) is 24.1. The van der Waals surface area contributed by atoms with Crippen molar-refractivity contribution in [1.82, 2.24) is 16.0 Å². The molecular formula is C20H30N4O5. The molecule has 1 aromatic rings. The van der Waals surface area contributed by atoms with Crippen LogP contribution in [0, 0.1) is 5.92 Å². The summed E-state index contributed by atoms with van der Waals surface area (Å²) in [5.41, 5.74) is 6.79. The van der Waals surface area contributed by atoms with E-state index in [1.807, 2.05) is 44.2 Å². The van der Waals surface area contributed by atoms with Gasteiger partial charge in [0.1, 0.15) is 18.6 Å². The number of aliphatic carboxylic acids is 1. The Bertz CT molecular complexity index is 710. The number of amides is 3. The van der Waals surface area contributed by atoms with Crippen LogP contribution in [0.3, 0.4) is 0 Å². The zero-order chi connectivity index (χ0) is 22.0. The van der Waals surface area contributed by atoms with E-state index in [1.54, 1.807) is 0 Å². The molecule has 1 aromatic carbocycles. The van der Waals surface area contributed by atoms with Crippen molar-refractivity contribution in [2.45, 2.75) is 51.7 Å². The molecule has 6 N–H and O–H groups in total. The second kappa shape index (κ2) is 11.8. The SMILES string of the molecule is CCC(C)C(N)C(=O)NC(Cc1ccccc1)C(=O)NC(C)C(=O)NCC(=O)O. The largest absolute Gasteiger partial charge is 0.480 e. The van der Waals surface area contributed by atoms with Gasteiger partial charge in [0.15, 0.2) is 0 Å². The molecule has 0 bridgehead atoms. The lowest BCUT2D eigenvalue weighted by atomic mass is 9.98. The topological polar surface area (TPSA) is 151 Å². The van der Waals surface area contributed by atoms with Crippen molar-refractivity contribution in [1.29, 1.82) is 0 Å². The van der Waals surface area contributed by atoms with Gasteiger partial charge >= 0.3 is 5.97 Å². The predicted octanol–water partition coefficient (Wildman–Crippen LogP) is -0.207. The van der Waals surface area contributed by atoms with E-state index < -0.39 is 48.4 Å². The predicted molar refractivity (Wildman–Crippen MR) is 108 cm³/mol. The Morgan fingerprint density at radius 1 is 1.00 bits per heavy atom. The zero-order valence-electron chi connectivity index (χ0n) is 17.0. The summed E-state index contributed by atoms with van der Waals surface area (Å²) in [5.74, 6) is -2.89. The number of nitrogens with two attached hydrogens (primary N) is 1. The van der Waals surface area contributed by atoms with Crippen LogP contribution < -0.4 is 21.7 Å². The summed E-state index contributed by atoms with van der Waals surface area (Å²) in [5, 5.41) is 16.0. The number of carboxylic acids is 1. The van der Waals surface area contributed by atoms with E-state index in [1.165, 1.54) is 6.92 Å². The maximum atomic E-state index is 12.7. The maximum absolute atomic E-state index is 12.7. The first-order chi connectivity index (χ1) is 13.6. The highest BCUT2D eigenvalue weighted by Gasteiger charge is 2.28. The molecule has 29 heavy (non-hydrogen) atoms. The summed E-state index contributed by atoms with van der Waals surface area (Å²) >= 11 is 0. The standard InChI is InChI=1S/C20H30N4O5/c1-4-12(2)17(21)20(29)24-15(10-14-8-6-5-7-9-14)19(28)23-13(3)18(27)22-11-16(25)26/h5-9,12-13,15,17H,4,10-11,21H2,1-3H3,(H,22,27)(H,23,28)(H,24,29)(H,25,26). The minimum atomic E-state index is -1.19. The van der Waals surface area contributed by atoms with Crippen molar-refractivity contribution in [3.8, 4) is 0 Å². The molecule has 0 aliphatic heterocycles. The second-order valence-corrected chi connectivity index (χ2v) is 7.00. The van der Waals surface area contributed by atoms with Gasteiger partial charge in [0.25, 0.3) is 0 Å². The quantitative estimate of drug-likeness (QED) is 0.343. The van der Waals surface area contributed by atoms with E-state index in [9.17, 15) is 19.2 Å². The first-order valence-corrected chi connectivity index (χ1v) is 9.55. The minimum absolute atomic E-state index is 0.0591. The summed E-state index contributed by atoms with van der Waals surface area (Å²) in [6, 6.07) is 6.45. The third-order valence-electron chi connectivity index (χ3n) is 4.64. The van der Waals surface area contributed by atoms with E-state index in [0.29, 0.717) is 6.42 Å². The molecule has 0 heterocycles. The third-order valence-corrected chi connectivity index (χ3v) is 4.64. The van der Waals surface area contributed by atoms with Crippen molar-refractivity contribution in [3.63, 3.8) is 0 Å². The number of benzene rings is 1. The number of hydrogen-bond donors (Lipinski definition) is 5. The number of carboxylic acid groups (broad SMARTS) is 1. The molecule has 4 atom stereocenters. The number of carbonyl (C=O) groups is 4. The van der Waals surface area contributed by atoms with Crippen LogP contribution in [0.25, 0.3) is 0 Å². The monoisotopic (exact) mass is 406 g/mol. The van der Waals surface area contributed by atoms with Crippen LogP contribution in [0.15, 0.2) is 30.3 Å². The van der Waals surface area contributed by atoms with Gasteiger partial charge in [-0.15, -0.1) is 0 Å². The highest BCUT2D eigenvalue weighted by molar-refractivity contribution is 5.93. The van der Waals surface area contributed by atoms with E-state index >= 15 is 0 Å². The Hall–Kier alpha value is -2.94. The first-order valence-electron chi connectivity index (χ1n) is 9.55. The Morgan fingerprint density at radius 2 is 1.62 bits per heavy atom. The van der Waals surface area contributed by atoms with Crippen molar-refractivity contribution in [2.75, 3.05) is 6.54 Å². The molecular weight excluding hydrogens is 376 g/mol. The van der Waals surface area contributed by atoms with Crippen LogP contribution in [-0.2, 0) is 25.6 Å². The Labute approximate surface area is 170 Å². The molecule has 3 amide bonds. The van der Waals surface area contributed by atoms with Crippen molar-refractivity contribution < 1.29 is 24.3 Å². The van der Waals surface area contributed by atoms with Crippen LogP contribution in [0.2, 0.25) is 0 Å². The molecule has 9 nitrogen and oxygen atoms in total. The molecule has 0 fully saturated rings. The number of nitrogens with one attached hydrogen (secondary N) is 3. The highest BCUT2D eigenvalue weighted by atomic mass is 16.4. The molecule has 9 heteroatoms. The zero-order valence-corrected chi connectivity index (χ0v) is 17.0. The van der Waals surface area contributed by atoms with Gasteiger partial charge in [-0.05, 0) is 18.4 Å². The number of hydrogen-bond acceptors (Lipinski definition) is 5. The average Bonchev–Trinajstić information content (AvgIpc) is 2.70. The fourth-order valence-electron chi connectivity index (χ4n) is 2.53. The van der Waals surface area contributed by atoms with Gasteiger partial charge in [0, 0.05) is 6.42 Å². The summed E-state index contributed by atoms with van der Waals surface area (Å²) in [7, 11) is 0. The molecule has 0 saturated heterocycles. The lowest BCUT2D eigenvalue weighted by molar-refractivity contribution is -0.138. The van der Waals surface area contributed by atoms with Crippen LogP contribution in [0.1, 0.15) is 32.8 Å². The van der Waals surface area contributed by atoms with Gasteiger partial charge in [0.05, 0.1) is 6.04 Å². The van der Waals surface area contributed by atoms with Crippen LogP contribution >= 0.6 is 0 Å². The summed E-state index contributed by atoms with van der Waals surface area (Å²) < 4.78 is 0. The fraction of sp³-hybridized carbons (Fsp3) is 0.500. The minimum Gasteiger partial charge on any atom is -0.480 e. The second-order valence-electron chi connectivity index (χ2n) is 7.00. The molecule has 1 rings (SSSR count). The molecule has 4 unspecified atom stereocenters. The smallest absolute Gasteiger partial charge is 0.322 e. The third kappa shape index (κ3) is 8.30. The van der Waals surface area contributed by atoms with E-state index in [0.717, 1.165) is 5.56 Å².